The third kappa shape index (κ3) is 5.41. The van der Waals surface area contributed by atoms with E-state index in [1.54, 1.807) is 78.9 Å². The van der Waals surface area contributed by atoms with Crippen LogP contribution in [-0.4, -0.2) is 20.8 Å². The van der Waals surface area contributed by atoms with Crippen molar-refractivity contribution in [1.29, 1.82) is 0 Å². The van der Waals surface area contributed by atoms with Gasteiger partial charge in [-0.1, -0.05) is 47.5 Å². The monoisotopic (exact) mass is 584 g/mol. The minimum Gasteiger partial charge on any atom is -0.487 e. The molecule has 2 heterocycles. The van der Waals surface area contributed by atoms with Crippen LogP contribution in [0.1, 0.15) is 11.1 Å². The van der Waals surface area contributed by atoms with Crippen molar-refractivity contribution in [2.24, 2.45) is 5.10 Å². The number of para-hydroxylation sites is 1. The van der Waals surface area contributed by atoms with Crippen molar-refractivity contribution in [3.63, 3.8) is 0 Å². The Morgan fingerprint density at radius 1 is 1.00 bits per heavy atom. The molecular formula is C30H18Cl2N4O5. The van der Waals surface area contributed by atoms with Crippen LogP contribution in [0.5, 0.6) is 5.75 Å². The average molecular weight is 585 g/mol. The van der Waals surface area contributed by atoms with Crippen LogP contribution in [0.15, 0.2) is 105 Å². The molecule has 0 N–H and O–H groups in total. The van der Waals surface area contributed by atoms with E-state index in [4.69, 9.17) is 32.4 Å². The highest BCUT2D eigenvalue weighted by Gasteiger charge is 2.17. The molecular weight excluding hydrogens is 567 g/mol. The predicted molar refractivity (Wildman–Crippen MR) is 158 cm³/mol. The molecule has 0 aliphatic heterocycles. The molecule has 0 amide bonds. The zero-order valence-electron chi connectivity index (χ0n) is 21.0. The molecule has 6 aromatic rings. The Morgan fingerprint density at radius 3 is 2.68 bits per heavy atom. The van der Waals surface area contributed by atoms with Crippen molar-refractivity contribution >= 4 is 57.0 Å². The molecule has 0 spiro atoms. The molecule has 9 nitrogen and oxygen atoms in total. The normalized spacial score (nSPS) is 11.5. The number of fused-ring (bicyclic) bond motifs is 2. The van der Waals surface area contributed by atoms with Crippen LogP contribution in [0.3, 0.4) is 0 Å². The SMILES string of the molecule is O=c1c2ccccc2nc(-c2cc3cc(Cl)ccc3o2)n1N=Cc1ccc(OCc2cccc([N+](=O)[O-])c2)c(Cl)c1. The number of rotatable bonds is 7. The van der Waals surface area contributed by atoms with Crippen molar-refractivity contribution in [2.45, 2.75) is 6.61 Å². The van der Waals surface area contributed by atoms with Crippen LogP contribution in [0, 0.1) is 10.1 Å². The van der Waals surface area contributed by atoms with Gasteiger partial charge in [0, 0.05) is 22.5 Å². The molecule has 0 aliphatic carbocycles. The van der Waals surface area contributed by atoms with Gasteiger partial charge in [0.1, 0.15) is 17.9 Å². The fourth-order valence-corrected chi connectivity index (χ4v) is 4.70. The lowest BCUT2D eigenvalue weighted by Crippen LogP contribution is -2.20. The minimum atomic E-state index is -0.462. The number of hydrogen-bond acceptors (Lipinski definition) is 7. The van der Waals surface area contributed by atoms with E-state index >= 15 is 0 Å². The van der Waals surface area contributed by atoms with Crippen molar-refractivity contribution < 1.29 is 14.1 Å². The van der Waals surface area contributed by atoms with Gasteiger partial charge in [0.25, 0.3) is 11.2 Å². The van der Waals surface area contributed by atoms with Gasteiger partial charge in [-0.05, 0) is 65.7 Å². The number of nitrogens with zero attached hydrogens (tertiary/aromatic N) is 4. The maximum Gasteiger partial charge on any atom is 0.282 e. The van der Waals surface area contributed by atoms with E-state index in [-0.39, 0.29) is 23.7 Å². The third-order valence-corrected chi connectivity index (χ3v) is 6.78. The molecule has 0 unspecified atom stereocenters. The van der Waals surface area contributed by atoms with Gasteiger partial charge >= 0.3 is 0 Å². The second-order valence-electron chi connectivity index (χ2n) is 9.01. The second kappa shape index (κ2) is 10.9. The molecule has 2 aromatic heterocycles. The number of nitro groups is 1. The molecule has 0 fully saturated rings. The van der Waals surface area contributed by atoms with Gasteiger partial charge in [-0.25, -0.2) is 4.98 Å². The van der Waals surface area contributed by atoms with E-state index in [1.165, 1.54) is 23.0 Å². The number of hydrogen-bond donors (Lipinski definition) is 0. The quantitative estimate of drug-likeness (QED) is 0.109. The van der Waals surface area contributed by atoms with Crippen LogP contribution < -0.4 is 10.3 Å². The molecule has 11 heteroatoms. The largest absolute Gasteiger partial charge is 0.487 e. The Kier molecular flexibility index (Phi) is 6.96. The number of ether oxygens (including phenoxy) is 1. The van der Waals surface area contributed by atoms with Gasteiger partial charge in [0.15, 0.2) is 5.76 Å². The first-order valence-corrected chi connectivity index (χ1v) is 13.0. The fraction of sp³-hybridized carbons (Fsp3) is 0.0333. The number of aromatic nitrogens is 2. The maximum absolute atomic E-state index is 13.5. The molecule has 0 saturated carbocycles. The van der Waals surface area contributed by atoms with E-state index in [0.29, 0.717) is 49.2 Å². The van der Waals surface area contributed by atoms with Gasteiger partial charge < -0.3 is 9.15 Å². The van der Waals surface area contributed by atoms with E-state index in [1.807, 2.05) is 0 Å². The van der Waals surface area contributed by atoms with Crippen molar-refractivity contribution in [3.8, 4) is 17.3 Å². The summed E-state index contributed by atoms with van der Waals surface area (Å²) in [6.07, 6.45) is 1.48. The summed E-state index contributed by atoms with van der Waals surface area (Å²) in [7, 11) is 0. The van der Waals surface area contributed by atoms with Crippen LogP contribution in [0.25, 0.3) is 33.5 Å². The zero-order valence-corrected chi connectivity index (χ0v) is 22.5. The van der Waals surface area contributed by atoms with Crippen molar-refractivity contribution in [2.75, 3.05) is 0 Å². The Bertz CT molecular complexity index is 2050. The van der Waals surface area contributed by atoms with E-state index < -0.39 is 4.92 Å². The van der Waals surface area contributed by atoms with Crippen LogP contribution in [0.4, 0.5) is 5.69 Å². The smallest absolute Gasteiger partial charge is 0.282 e. The lowest BCUT2D eigenvalue weighted by atomic mass is 10.2. The molecule has 6 rings (SSSR count). The van der Waals surface area contributed by atoms with Crippen LogP contribution in [-0.2, 0) is 6.61 Å². The Balaban J connectivity index is 1.32. The summed E-state index contributed by atoms with van der Waals surface area (Å²) >= 11 is 12.6. The number of non-ortho nitro benzene ring substituents is 1. The molecule has 0 aliphatic rings. The summed E-state index contributed by atoms with van der Waals surface area (Å²) in [4.78, 5) is 28.7. The highest BCUT2D eigenvalue weighted by molar-refractivity contribution is 6.32. The highest BCUT2D eigenvalue weighted by Crippen LogP contribution is 2.30. The summed E-state index contributed by atoms with van der Waals surface area (Å²) in [5.74, 6) is 0.965. The molecule has 0 atom stereocenters. The fourth-order valence-electron chi connectivity index (χ4n) is 4.27. The maximum atomic E-state index is 13.5. The lowest BCUT2D eigenvalue weighted by molar-refractivity contribution is -0.384. The first-order chi connectivity index (χ1) is 19.9. The summed E-state index contributed by atoms with van der Waals surface area (Å²) < 4.78 is 12.9. The number of nitro benzene ring substituents is 1. The van der Waals surface area contributed by atoms with E-state index in [0.717, 1.165) is 5.39 Å². The summed E-state index contributed by atoms with van der Waals surface area (Å²) in [5.41, 5.74) is 1.93. The summed E-state index contributed by atoms with van der Waals surface area (Å²) in [6, 6.07) is 25.2. The Labute approximate surface area is 242 Å². The summed E-state index contributed by atoms with van der Waals surface area (Å²) in [6.45, 7) is 0.0963. The number of benzene rings is 4. The molecule has 0 bridgehead atoms. The van der Waals surface area contributed by atoms with Crippen LogP contribution in [0.2, 0.25) is 10.0 Å². The predicted octanol–water partition coefficient (Wildman–Crippen LogP) is 7.49. The van der Waals surface area contributed by atoms with E-state index in [9.17, 15) is 14.9 Å². The highest BCUT2D eigenvalue weighted by atomic mass is 35.5. The Morgan fingerprint density at radius 2 is 1.85 bits per heavy atom. The topological polar surface area (TPSA) is 113 Å². The van der Waals surface area contributed by atoms with E-state index in [2.05, 4.69) is 10.1 Å². The first-order valence-electron chi connectivity index (χ1n) is 12.3. The molecule has 0 radical (unpaired) electrons. The van der Waals surface area contributed by atoms with Gasteiger partial charge in [0.05, 0.1) is 27.1 Å². The summed E-state index contributed by atoms with van der Waals surface area (Å²) in [5, 5.41) is 17.5. The average Bonchev–Trinajstić information content (AvgIpc) is 3.39. The Hall–Kier alpha value is -4.99. The van der Waals surface area contributed by atoms with Gasteiger partial charge in [-0.3, -0.25) is 14.9 Å². The van der Waals surface area contributed by atoms with Gasteiger partial charge in [-0.2, -0.15) is 9.78 Å². The lowest BCUT2D eigenvalue weighted by Gasteiger charge is -2.09. The van der Waals surface area contributed by atoms with Gasteiger partial charge in [0.2, 0.25) is 5.82 Å². The second-order valence-corrected chi connectivity index (χ2v) is 9.86. The molecule has 0 saturated heterocycles. The van der Waals surface area contributed by atoms with Gasteiger partial charge in [-0.15, -0.1) is 0 Å². The first kappa shape index (κ1) is 26.2. The molecule has 202 valence electrons. The molecule has 4 aromatic carbocycles. The van der Waals surface area contributed by atoms with Crippen LogP contribution >= 0.6 is 23.2 Å². The molecule has 41 heavy (non-hydrogen) atoms. The minimum absolute atomic E-state index is 0.0204. The van der Waals surface area contributed by atoms with Crippen molar-refractivity contribution in [3.05, 3.63) is 133 Å². The standard InChI is InChI=1S/C30H18Cl2N4O5/c31-21-9-11-26-20(14-21)15-28(41-26)29-34-25-7-2-1-6-23(25)30(37)35(29)33-16-18-8-10-27(24(32)13-18)40-17-19-4-3-5-22(12-19)36(38)39/h1-16H,17H2. The van der Waals surface area contributed by atoms with Crippen molar-refractivity contribution in [1.82, 2.24) is 9.66 Å². The third-order valence-electron chi connectivity index (χ3n) is 6.25. The number of halogens is 2. The number of furan rings is 1. The zero-order chi connectivity index (χ0) is 28.5.